The zero-order valence-corrected chi connectivity index (χ0v) is 22.0. The lowest BCUT2D eigenvalue weighted by Crippen LogP contribution is -2.52. The largest absolute Gasteiger partial charge is 0.359 e. The van der Waals surface area contributed by atoms with E-state index in [0.717, 1.165) is 62.6 Å². The second kappa shape index (κ2) is 11.0. The van der Waals surface area contributed by atoms with Crippen LogP contribution in [0.4, 0.5) is 0 Å². The standard InChI is InChI=1S/C27H39N3O4S/c1-19-6-9-22(10-7-19)35(31,32)30-29-26-13-12-25-23(24(26)5-4-16-28)11-8-20-17-21(34-18-33-3)14-15-27(20,25)2/h6-7,9-10,20-21,23-25,30H,4-5,8,11-15,17-18H2,1-3H3/b29-26+/t20-,21+,23-,24-,25-,27-/m0/s1. The number of rotatable bonds is 8. The highest BCUT2D eigenvalue weighted by Crippen LogP contribution is 2.60. The van der Waals surface area contributed by atoms with E-state index in [2.05, 4.69) is 22.9 Å². The van der Waals surface area contributed by atoms with Gasteiger partial charge in [0.1, 0.15) is 6.79 Å². The molecule has 0 bridgehead atoms. The Morgan fingerprint density at radius 3 is 2.69 bits per heavy atom. The molecule has 0 spiro atoms. The number of ether oxygens (including phenoxy) is 2. The molecule has 1 N–H and O–H groups in total. The summed E-state index contributed by atoms with van der Waals surface area (Å²) in [5.74, 6) is 1.79. The van der Waals surface area contributed by atoms with Crippen molar-refractivity contribution in [2.75, 3.05) is 13.9 Å². The molecule has 192 valence electrons. The first kappa shape index (κ1) is 26.1. The molecule has 35 heavy (non-hydrogen) atoms. The van der Waals surface area contributed by atoms with Gasteiger partial charge in [-0.25, -0.2) is 4.83 Å². The molecule has 0 radical (unpaired) electrons. The minimum atomic E-state index is -3.72. The number of nitriles is 1. The van der Waals surface area contributed by atoms with Crippen molar-refractivity contribution >= 4 is 15.7 Å². The lowest BCUT2D eigenvalue weighted by atomic mass is 9.47. The van der Waals surface area contributed by atoms with E-state index in [9.17, 15) is 13.7 Å². The van der Waals surface area contributed by atoms with Gasteiger partial charge in [0.15, 0.2) is 0 Å². The molecular weight excluding hydrogens is 462 g/mol. The molecular formula is C27H39N3O4S. The van der Waals surface area contributed by atoms with Crippen LogP contribution in [0, 0.1) is 47.3 Å². The normalized spacial score (nSPS) is 34.0. The fourth-order valence-corrected chi connectivity index (χ4v) is 7.94. The fourth-order valence-electron chi connectivity index (χ4n) is 7.11. The van der Waals surface area contributed by atoms with E-state index in [1.807, 2.05) is 6.92 Å². The van der Waals surface area contributed by atoms with Crippen LogP contribution in [-0.4, -0.2) is 34.1 Å². The number of nitrogens with zero attached hydrogens (tertiary/aromatic N) is 2. The summed E-state index contributed by atoms with van der Waals surface area (Å²) in [6.45, 7) is 4.75. The molecule has 1 aromatic carbocycles. The Morgan fingerprint density at radius 1 is 1.20 bits per heavy atom. The van der Waals surface area contributed by atoms with Gasteiger partial charge in [0.2, 0.25) is 0 Å². The molecule has 4 rings (SSSR count). The summed E-state index contributed by atoms with van der Waals surface area (Å²) in [7, 11) is -2.05. The van der Waals surface area contributed by atoms with Crippen LogP contribution < -0.4 is 4.83 Å². The number of methoxy groups -OCH3 is 1. The summed E-state index contributed by atoms with van der Waals surface area (Å²) in [4.78, 5) is 2.72. The molecule has 7 nitrogen and oxygen atoms in total. The summed E-state index contributed by atoms with van der Waals surface area (Å²) >= 11 is 0. The van der Waals surface area contributed by atoms with Crippen molar-refractivity contribution in [3.05, 3.63) is 29.8 Å². The van der Waals surface area contributed by atoms with Gasteiger partial charge in [0.05, 0.1) is 17.1 Å². The van der Waals surface area contributed by atoms with Crippen LogP contribution in [0.3, 0.4) is 0 Å². The van der Waals surface area contributed by atoms with Crippen molar-refractivity contribution in [3.8, 4) is 6.07 Å². The van der Waals surface area contributed by atoms with E-state index in [0.29, 0.717) is 31.0 Å². The molecule has 0 aliphatic heterocycles. The maximum Gasteiger partial charge on any atom is 0.276 e. The summed E-state index contributed by atoms with van der Waals surface area (Å²) in [6.07, 6.45) is 8.81. The molecule has 0 amide bonds. The average Bonchev–Trinajstić information content (AvgIpc) is 2.85. The molecule has 1 aromatic rings. The third-order valence-corrected chi connectivity index (χ3v) is 10.2. The van der Waals surface area contributed by atoms with E-state index in [4.69, 9.17) is 9.47 Å². The predicted molar refractivity (Wildman–Crippen MR) is 135 cm³/mol. The first-order valence-electron chi connectivity index (χ1n) is 12.9. The lowest BCUT2D eigenvalue weighted by Gasteiger charge is -2.58. The van der Waals surface area contributed by atoms with E-state index in [1.165, 1.54) is 0 Å². The van der Waals surface area contributed by atoms with Crippen molar-refractivity contribution in [1.82, 2.24) is 4.83 Å². The Balaban J connectivity index is 1.51. The molecule has 0 heterocycles. The molecule has 6 atom stereocenters. The smallest absolute Gasteiger partial charge is 0.276 e. The van der Waals surface area contributed by atoms with Gasteiger partial charge >= 0.3 is 0 Å². The summed E-state index contributed by atoms with van der Waals surface area (Å²) in [5, 5.41) is 13.8. The highest BCUT2D eigenvalue weighted by atomic mass is 32.2. The minimum Gasteiger partial charge on any atom is -0.359 e. The van der Waals surface area contributed by atoms with Gasteiger partial charge < -0.3 is 9.47 Å². The van der Waals surface area contributed by atoms with Crippen LogP contribution in [0.15, 0.2) is 34.3 Å². The number of fused-ring (bicyclic) bond motifs is 3. The Hall–Kier alpha value is -1.95. The first-order chi connectivity index (χ1) is 16.8. The molecule has 0 aromatic heterocycles. The fraction of sp³-hybridized carbons (Fsp3) is 0.704. The Labute approximate surface area is 210 Å². The second-order valence-electron chi connectivity index (χ2n) is 10.9. The highest BCUT2D eigenvalue weighted by Gasteiger charge is 2.54. The quantitative estimate of drug-likeness (QED) is 0.391. The van der Waals surface area contributed by atoms with Crippen molar-refractivity contribution in [1.29, 1.82) is 5.26 Å². The monoisotopic (exact) mass is 501 g/mol. The molecule has 8 heteroatoms. The summed E-state index contributed by atoms with van der Waals surface area (Å²) < 4.78 is 36.7. The van der Waals surface area contributed by atoms with Crippen molar-refractivity contribution in [3.63, 3.8) is 0 Å². The van der Waals surface area contributed by atoms with Crippen LogP contribution in [-0.2, 0) is 19.5 Å². The molecule has 3 aliphatic rings. The maximum absolute atomic E-state index is 12.8. The van der Waals surface area contributed by atoms with E-state index in [-0.39, 0.29) is 22.3 Å². The Kier molecular flexibility index (Phi) is 8.19. The van der Waals surface area contributed by atoms with Gasteiger partial charge in [0, 0.05) is 25.2 Å². The molecule has 3 aliphatic carbocycles. The number of sulfonamides is 1. The van der Waals surface area contributed by atoms with Gasteiger partial charge in [-0.2, -0.15) is 18.8 Å². The molecule has 0 saturated heterocycles. The van der Waals surface area contributed by atoms with Gasteiger partial charge in [0.25, 0.3) is 10.0 Å². The number of benzene rings is 1. The van der Waals surface area contributed by atoms with E-state index < -0.39 is 10.0 Å². The number of nitrogens with one attached hydrogen (secondary N) is 1. The van der Waals surface area contributed by atoms with Crippen LogP contribution in [0.2, 0.25) is 0 Å². The van der Waals surface area contributed by atoms with Crippen LogP contribution >= 0.6 is 0 Å². The zero-order chi connectivity index (χ0) is 25.1. The Morgan fingerprint density at radius 2 is 1.97 bits per heavy atom. The van der Waals surface area contributed by atoms with Gasteiger partial charge in [-0.15, -0.1) is 0 Å². The maximum atomic E-state index is 12.8. The third kappa shape index (κ3) is 5.58. The van der Waals surface area contributed by atoms with Crippen LogP contribution in [0.1, 0.15) is 70.3 Å². The number of hydrogen-bond acceptors (Lipinski definition) is 6. The Bertz CT molecular complexity index is 1050. The zero-order valence-electron chi connectivity index (χ0n) is 21.2. The van der Waals surface area contributed by atoms with Crippen molar-refractivity contribution in [2.45, 2.75) is 82.6 Å². The molecule has 3 saturated carbocycles. The lowest BCUT2D eigenvalue weighted by molar-refractivity contribution is -0.134. The highest BCUT2D eigenvalue weighted by molar-refractivity contribution is 7.89. The summed E-state index contributed by atoms with van der Waals surface area (Å²) in [5.41, 5.74) is 2.18. The predicted octanol–water partition coefficient (Wildman–Crippen LogP) is 5.16. The van der Waals surface area contributed by atoms with Crippen molar-refractivity contribution in [2.24, 2.45) is 34.2 Å². The number of hydrogen-bond donors (Lipinski definition) is 1. The van der Waals surface area contributed by atoms with Crippen LogP contribution in [0.25, 0.3) is 0 Å². The van der Waals surface area contributed by atoms with Gasteiger partial charge in [-0.3, -0.25) is 0 Å². The summed E-state index contributed by atoms with van der Waals surface area (Å²) in [6, 6.07) is 9.10. The van der Waals surface area contributed by atoms with E-state index >= 15 is 0 Å². The minimum absolute atomic E-state index is 0.148. The van der Waals surface area contributed by atoms with Gasteiger partial charge in [-0.1, -0.05) is 24.6 Å². The average molecular weight is 502 g/mol. The topological polar surface area (TPSA) is 101 Å². The number of hydrazone groups is 1. The van der Waals surface area contributed by atoms with Crippen LogP contribution in [0.5, 0.6) is 0 Å². The van der Waals surface area contributed by atoms with E-state index in [1.54, 1.807) is 31.4 Å². The number of aryl methyl sites for hydroxylation is 1. The molecule has 0 unspecified atom stereocenters. The van der Waals surface area contributed by atoms with Crippen molar-refractivity contribution < 1.29 is 17.9 Å². The SMILES string of the molecule is COCO[C@@H]1CC[C@@]2(C)[C@@H](CC[C@H]3[C@H](CCC#N)/C(=N/NS(=O)(=O)c4ccc(C)cc4)CC[C@@H]32)C1. The first-order valence-corrected chi connectivity index (χ1v) is 14.4. The van der Waals surface area contributed by atoms with Gasteiger partial charge in [-0.05, 0) is 93.6 Å². The molecule has 3 fully saturated rings. The third-order valence-electron chi connectivity index (χ3n) is 8.98. The second-order valence-corrected chi connectivity index (χ2v) is 12.5.